The molecule has 6 heteroatoms. The maximum Gasteiger partial charge on any atom is 0.328 e. The predicted octanol–water partition coefficient (Wildman–Crippen LogP) is 3.26. The SMILES string of the molecule is COc1ccc(OCCOc2cc(OC)ccc2C=CC(=O)O)cc1. The van der Waals surface area contributed by atoms with Crippen molar-refractivity contribution in [1.29, 1.82) is 0 Å². The molecule has 0 bridgehead atoms. The average molecular weight is 344 g/mol. The zero-order chi connectivity index (χ0) is 18.1. The highest BCUT2D eigenvalue weighted by molar-refractivity contribution is 5.86. The largest absolute Gasteiger partial charge is 0.497 e. The van der Waals surface area contributed by atoms with Gasteiger partial charge in [-0.1, -0.05) is 0 Å². The van der Waals surface area contributed by atoms with Crippen LogP contribution >= 0.6 is 0 Å². The Bertz CT molecular complexity index is 721. The summed E-state index contributed by atoms with van der Waals surface area (Å²) >= 11 is 0. The van der Waals surface area contributed by atoms with Crippen molar-refractivity contribution in [2.24, 2.45) is 0 Å². The molecule has 0 spiro atoms. The molecule has 0 fully saturated rings. The van der Waals surface area contributed by atoms with E-state index in [9.17, 15) is 4.79 Å². The third kappa shape index (κ3) is 5.76. The molecule has 0 aliphatic carbocycles. The van der Waals surface area contributed by atoms with Crippen molar-refractivity contribution >= 4 is 12.0 Å². The number of carboxylic acid groups (broad SMARTS) is 1. The van der Waals surface area contributed by atoms with Crippen LogP contribution in [0.4, 0.5) is 0 Å². The van der Waals surface area contributed by atoms with Crippen molar-refractivity contribution in [3.8, 4) is 23.0 Å². The number of carboxylic acids is 1. The Morgan fingerprint density at radius 1 is 0.920 bits per heavy atom. The molecule has 132 valence electrons. The number of hydrogen-bond donors (Lipinski definition) is 1. The Balaban J connectivity index is 1.94. The maximum absolute atomic E-state index is 10.7. The van der Waals surface area contributed by atoms with Crippen LogP contribution in [0.5, 0.6) is 23.0 Å². The first kappa shape index (κ1) is 18.2. The highest BCUT2D eigenvalue weighted by Crippen LogP contribution is 2.26. The van der Waals surface area contributed by atoms with Crippen LogP contribution in [-0.2, 0) is 4.79 Å². The van der Waals surface area contributed by atoms with Gasteiger partial charge in [-0.15, -0.1) is 0 Å². The molecule has 0 aromatic heterocycles. The highest BCUT2D eigenvalue weighted by Gasteiger charge is 2.05. The first-order valence-corrected chi connectivity index (χ1v) is 7.61. The zero-order valence-electron chi connectivity index (χ0n) is 14.1. The van der Waals surface area contributed by atoms with Gasteiger partial charge in [-0.05, 0) is 42.5 Å². The molecule has 25 heavy (non-hydrogen) atoms. The molecule has 2 aromatic carbocycles. The summed E-state index contributed by atoms with van der Waals surface area (Å²) < 4.78 is 21.6. The topological polar surface area (TPSA) is 74.2 Å². The summed E-state index contributed by atoms with van der Waals surface area (Å²) in [6.45, 7) is 0.638. The molecule has 2 rings (SSSR count). The number of benzene rings is 2. The minimum atomic E-state index is -1.02. The normalized spacial score (nSPS) is 10.5. The van der Waals surface area contributed by atoms with E-state index in [1.807, 2.05) is 24.3 Å². The molecular formula is C19H20O6. The van der Waals surface area contributed by atoms with E-state index in [0.717, 1.165) is 11.8 Å². The molecule has 6 nitrogen and oxygen atoms in total. The van der Waals surface area contributed by atoms with Crippen molar-refractivity contribution in [1.82, 2.24) is 0 Å². The van der Waals surface area contributed by atoms with E-state index in [2.05, 4.69) is 0 Å². The Kier molecular flexibility index (Phi) is 6.71. The minimum Gasteiger partial charge on any atom is -0.497 e. The molecule has 2 aromatic rings. The maximum atomic E-state index is 10.7. The van der Waals surface area contributed by atoms with Gasteiger partial charge >= 0.3 is 5.97 Å². The number of hydrogen-bond acceptors (Lipinski definition) is 5. The highest BCUT2D eigenvalue weighted by atomic mass is 16.5. The van der Waals surface area contributed by atoms with Gasteiger partial charge in [-0.3, -0.25) is 0 Å². The van der Waals surface area contributed by atoms with E-state index < -0.39 is 5.97 Å². The quantitative estimate of drug-likeness (QED) is 0.556. The fraction of sp³-hybridized carbons (Fsp3) is 0.211. The van der Waals surface area contributed by atoms with Gasteiger partial charge in [0.05, 0.1) is 14.2 Å². The minimum absolute atomic E-state index is 0.299. The Hall–Kier alpha value is -3.15. The van der Waals surface area contributed by atoms with Gasteiger partial charge in [-0.25, -0.2) is 4.79 Å². The predicted molar refractivity (Wildman–Crippen MR) is 93.6 cm³/mol. The number of methoxy groups -OCH3 is 2. The fourth-order valence-electron chi connectivity index (χ4n) is 2.05. The summed E-state index contributed by atoms with van der Waals surface area (Å²) in [6.07, 6.45) is 2.53. The summed E-state index contributed by atoms with van der Waals surface area (Å²) in [4.78, 5) is 10.7. The van der Waals surface area contributed by atoms with E-state index in [1.165, 1.54) is 6.08 Å². The molecule has 0 unspecified atom stereocenters. The first-order chi connectivity index (χ1) is 12.1. The summed E-state index contributed by atoms with van der Waals surface area (Å²) in [7, 11) is 3.16. The lowest BCUT2D eigenvalue weighted by atomic mass is 10.1. The van der Waals surface area contributed by atoms with Crippen LogP contribution in [0.2, 0.25) is 0 Å². The van der Waals surface area contributed by atoms with Gasteiger partial charge < -0.3 is 24.1 Å². The van der Waals surface area contributed by atoms with Gasteiger partial charge in [0.2, 0.25) is 0 Å². The van der Waals surface area contributed by atoms with Crippen molar-refractivity contribution in [2.75, 3.05) is 27.4 Å². The molecule has 0 radical (unpaired) electrons. The summed E-state index contributed by atoms with van der Waals surface area (Å²) in [6, 6.07) is 12.4. The van der Waals surface area contributed by atoms with Crippen LogP contribution in [0, 0.1) is 0 Å². The molecular weight excluding hydrogens is 324 g/mol. The number of rotatable bonds is 9. The van der Waals surface area contributed by atoms with E-state index in [1.54, 1.807) is 32.4 Å². The second-order valence-corrected chi connectivity index (χ2v) is 4.95. The third-order valence-electron chi connectivity index (χ3n) is 3.30. The van der Waals surface area contributed by atoms with Crippen molar-refractivity contribution in [3.63, 3.8) is 0 Å². The molecule has 0 aliphatic rings. The van der Waals surface area contributed by atoms with Gasteiger partial charge in [0, 0.05) is 17.7 Å². The van der Waals surface area contributed by atoms with E-state index >= 15 is 0 Å². The van der Waals surface area contributed by atoms with Crippen molar-refractivity contribution in [3.05, 3.63) is 54.1 Å². The Labute approximate surface area is 146 Å². The van der Waals surface area contributed by atoms with Crippen LogP contribution < -0.4 is 18.9 Å². The molecule has 0 saturated heterocycles. The standard InChI is InChI=1S/C19H20O6/c1-22-15-6-8-16(9-7-15)24-11-12-25-18-13-17(23-2)5-3-14(18)4-10-19(20)21/h3-10,13H,11-12H2,1-2H3,(H,20,21). The molecule has 0 heterocycles. The monoisotopic (exact) mass is 344 g/mol. The third-order valence-corrected chi connectivity index (χ3v) is 3.30. The number of carbonyl (C=O) groups is 1. The summed E-state index contributed by atoms with van der Waals surface area (Å²) in [5.74, 6) is 1.59. The van der Waals surface area contributed by atoms with E-state index in [0.29, 0.717) is 36.0 Å². The van der Waals surface area contributed by atoms with Crippen LogP contribution in [0.25, 0.3) is 6.08 Å². The summed E-state index contributed by atoms with van der Waals surface area (Å²) in [5.41, 5.74) is 0.646. The van der Waals surface area contributed by atoms with Crippen molar-refractivity contribution < 1.29 is 28.8 Å². The smallest absolute Gasteiger partial charge is 0.328 e. The van der Waals surface area contributed by atoms with E-state index in [4.69, 9.17) is 24.1 Å². The first-order valence-electron chi connectivity index (χ1n) is 7.61. The lowest BCUT2D eigenvalue weighted by molar-refractivity contribution is -0.131. The second-order valence-electron chi connectivity index (χ2n) is 4.95. The van der Waals surface area contributed by atoms with Crippen LogP contribution in [0.15, 0.2) is 48.5 Å². The van der Waals surface area contributed by atoms with Crippen LogP contribution in [0.3, 0.4) is 0 Å². The average Bonchev–Trinajstić information content (AvgIpc) is 2.64. The number of ether oxygens (including phenoxy) is 4. The zero-order valence-corrected chi connectivity index (χ0v) is 14.1. The lowest BCUT2D eigenvalue weighted by Crippen LogP contribution is -2.09. The van der Waals surface area contributed by atoms with E-state index in [-0.39, 0.29) is 0 Å². The lowest BCUT2D eigenvalue weighted by Gasteiger charge is -2.12. The van der Waals surface area contributed by atoms with Gasteiger partial charge in [0.15, 0.2) is 0 Å². The van der Waals surface area contributed by atoms with Crippen LogP contribution in [0.1, 0.15) is 5.56 Å². The molecule has 0 saturated carbocycles. The van der Waals surface area contributed by atoms with Gasteiger partial charge in [0.1, 0.15) is 36.2 Å². The molecule has 1 N–H and O–H groups in total. The van der Waals surface area contributed by atoms with Gasteiger partial charge in [0.25, 0.3) is 0 Å². The molecule has 0 amide bonds. The number of aliphatic carboxylic acids is 1. The molecule has 0 aliphatic heterocycles. The summed E-state index contributed by atoms with van der Waals surface area (Å²) in [5, 5.41) is 8.76. The molecule has 0 atom stereocenters. The Morgan fingerprint density at radius 2 is 1.52 bits per heavy atom. The second kappa shape index (κ2) is 9.22. The van der Waals surface area contributed by atoms with Gasteiger partial charge in [-0.2, -0.15) is 0 Å². The van der Waals surface area contributed by atoms with Crippen molar-refractivity contribution in [2.45, 2.75) is 0 Å². The van der Waals surface area contributed by atoms with Crippen LogP contribution in [-0.4, -0.2) is 38.5 Å². The Morgan fingerprint density at radius 3 is 2.16 bits per heavy atom. The fourth-order valence-corrected chi connectivity index (χ4v) is 2.05.